The first kappa shape index (κ1) is 18.0. The second kappa shape index (κ2) is 6.66. The van der Waals surface area contributed by atoms with E-state index in [4.69, 9.17) is 0 Å². The molecule has 0 spiro atoms. The minimum Gasteiger partial charge on any atom is -0.468 e. The maximum Gasteiger partial charge on any atom is 0.333 e. The monoisotopic (exact) mass is 383 g/mol. The molecule has 9 heteroatoms. The van der Waals surface area contributed by atoms with E-state index in [9.17, 15) is 14.4 Å². The zero-order valence-corrected chi connectivity index (χ0v) is 16.0. The van der Waals surface area contributed by atoms with E-state index in [0.717, 1.165) is 16.8 Å². The number of fused-ring (bicyclic) bond motifs is 3. The molecule has 0 amide bonds. The predicted molar refractivity (Wildman–Crippen MR) is 104 cm³/mol. The molecule has 28 heavy (non-hydrogen) atoms. The molecule has 1 unspecified atom stereocenters. The maximum atomic E-state index is 13.1. The SMILES string of the molecule is COC(=O)Cn1c(=O)c2c(nc3n2CC(C)CN3c2ccccc2)n(C)c1=O. The fourth-order valence-electron chi connectivity index (χ4n) is 3.66. The first-order chi connectivity index (χ1) is 13.4. The van der Waals surface area contributed by atoms with Crippen LogP contribution < -0.4 is 16.1 Å². The van der Waals surface area contributed by atoms with E-state index in [1.807, 2.05) is 39.8 Å². The van der Waals surface area contributed by atoms with Gasteiger partial charge in [0.15, 0.2) is 11.2 Å². The zero-order valence-electron chi connectivity index (χ0n) is 16.0. The third kappa shape index (κ3) is 2.70. The summed E-state index contributed by atoms with van der Waals surface area (Å²) in [6, 6.07) is 9.79. The molecule has 1 aliphatic rings. The van der Waals surface area contributed by atoms with Gasteiger partial charge < -0.3 is 14.2 Å². The minimum absolute atomic E-state index is 0.260. The number of methoxy groups -OCH3 is 1. The number of hydrogen-bond acceptors (Lipinski definition) is 6. The summed E-state index contributed by atoms with van der Waals surface area (Å²) in [6.07, 6.45) is 0. The van der Waals surface area contributed by atoms with Crippen molar-refractivity contribution in [2.75, 3.05) is 18.6 Å². The standard InChI is InChI=1S/C19H21N5O4/c1-12-9-22(13-7-5-4-6-8-13)18-20-16-15(23(18)10-12)17(26)24(11-14(25)28-3)19(27)21(16)2/h4-8,12H,9-11H2,1-3H3. The lowest BCUT2D eigenvalue weighted by molar-refractivity contribution is -0.141. The van der Waals surface area contributed by atoms with Gasteiger partial charge in [0.05, 0.1) is 7.11 Å². The number of rotatable bonds is 3. The number of carbonyl (C=O) groups is 1. The number of para-hydroxylation sites is 1. The number of carbonyl (C=O) groups excluding carboxylic acids is 1. The molecule has 1 aliphatic heterocycles. The molecular weight excluding hydrogens is 362 g/mol. The quantitative estimate of drug-likeness (QED) is 0.623. The van der Waals surface area contributed by atoms with Crippen molar-refractivity contribution >= 4 is 28.8 Å². The van der Waals surface area contributed by atoms with Crippen molar-refractivity contribution in [3.8, 4) is 0 Å². The van der Waals surface area contributed by atoms with Crippen molar-refractivity contribution in [2.45, 2.75) is 20.0 Å². The van der Waals surface area contributed by atoms with Gasteiger partial charge >= 0.3 is 11.7 Å². The van der Waals surface area contributed by atoms with Gasteiger partial charge in [0.1, 0.15) is 6.54 Å². The lowest BCUT2D eigenvalue weighted by atomic mass is 10.1. The molecule has 2 aromatic heterocycles. The summed E-state index contributed by atoms with van der Waals surface area (Å²) in [5.41, 5.74) is 0.446. The van der Waals surface area contributed by atoms with Crippen molar-refractivity contribution < 1.29 is 9.53 Å². The Hall–Kier alpha value is -3.36. The van der Waals surface area contributed by atoms with Gasteiger partial charge in [-0.25, -0.2) is 9.36 Å². The van der Waals surface area contributed by atoms with Crippen molar-refractivity contribution in [3.63, 3.8) is 0 Å². The maximum absolute atomic E-state index is 13.1. The average Bonchev–Trinajstić information content (AvgIpc) is 3.09. The van der Waals surface area contributed by atoms with Gasteiger partial charge in [-0.15, -0.1) is 0 Å². The summed E-state index contributed by atoms with van der Waals surface area (Å²) in [4.78, 5) is 44.1. The molecule has 9 nitrogen and oxygen atoms in total. The van der Waals surface area contributed by atoms with Crippen molar-refractivity contribution in [1.82, 2.24) is 18.7 Å². The van der Waals surface area contributed by atoms with Crippen LogP contribution in [0, 0.1) is 5.92 Å². The van der Waals surface area contributed by atoms with Gasteiger partial charge in [-0.05, 0) is 18.1 Å². The number of anilines is 2. The van der Waals surface area contributed by atoms with E-state index < -0.39 is 23.8 Å². The zero-order chi connectivity index (χ0) is 20.0. The van der Waals surface area contributed by atoms with E-state index >= 15 is 0 Å². The highest BCUT2D eigenvalue weighted by molar-refractivity contribution is 5.77. The highest BCUT2D eigenvalue weighted by Gasteiger charge is 2.30. The largest absolute Gasteiger partial charge is 0.468 e. The van der Waals surface area contributed by atoms with Crippen molar-refractivity contribution in [3.05, 3.63) is 51.2 Å². The van der Waals surface area contributed by atoms with E-state index in [-0.39, 0.29) is 5.92 Å². The molecule has 0 fully saturated rings. The Morgan fingerprint density at radius 3 is 2.61 bits per heavy atom. The first-order valence-corrected chi connectivity index (χ1v) is 9.01. The Morgan fingerprint density at radius 2 is 1.93 bits per heavy atom. The number of aryl methyl sites for hydroxylation is 1. The van der Waals surface area contributed by atoms with Gasteiger partial charge in [-0.2, -0.15) is 4.98 Å². The lowest BCUT2D eigenvalue weighted by Gasteiger charge is -2.32. The number of aromatic nitrogens is 4. The number of hydrogen-bond donors (Lipinski definition) is 0. The number of imidazole rings is 1. The fraction of sp³-hybridized carbons (Fsp3) is 0.368. The second-order valence-electron chi connectivity index (χ2n) is 7.05. The van der Waals surface area contributed by atoms with E-state index in [2.05, 4.69) is 16.6 Å². The normalized spacial score (nSPS) is 16.2. The van der Waals surface area contributed by atoms with Crippen LogP contribution in [0.5, 0.6) is 0 Å². The van der Waals surface area contributed by atoms with E-state index in [1.54, 1.807) is 7.05 Å². The summed E-state index contributed by atoms with van der Waals surface area (Å²) in [5, 5.41) is 0. The Morgan fingerprint density at radius 1 is 1.21 bits per heavy atom. The second-order valence-corrected chi connectivity index (χ2v) is 7.05. The van der Waals surface area contributed by atoms with Crippen LogP contribution >= 0.6 is 0 Å². The minimum atomic E-state index is -0.656. The molecule has 146 valence electrons. The van der Waals surface area contributed by atoms with Crippen LogP contribution in [0.4, 0.5) is 11.6 Å². The van der Waals surface area contributed by atoms with Crippen LogP contribution in [0.1, 0.15) is 6.92 Å². The smallest absolute Gasteiger partial charge is 0.333 e. The molecular formula is C19H21N5O4. The fourth-order valence-corrected chi connectivity index (χ4v) is 3.66. The third-order valence-corrected chi connectivity index (χ3v) is 5.02. The molecule has 0 radical (unpaired) electrons. The van der Waals surface area contributed by atoms with Crippen LogP contribution in [-0.4, -0.2) is 38.3 Å². The molecule has 3 aromatic rings. The molecule has 3 heterocycles. The van der Waals surface area contributed by atoms with Crippen molar-refractivity contribution in [2.24, 2.45) is 13.0 Å². The molecule has 4 rings (SSSR count). The Kier molecular flexibility index (Phi) is 4.29. The summed E-state index contributed by atoms with van der Waals surface area (Å²) in [6.45, 7) is 3.01. The summed E-state index contributed by atoms with van der Waals surface area (Å²) in [7, 11) is 2.77. The Balaban J connectivity index is 1.99. The number of nitrogens with zero attached hydrogens (tertiary/aromatic N) is 5. The van der Waals surface area contributed by atoms with Gasteiger partial charge in [0.25, 0.3) is 5.56 Å². The van der Waals surface area contributed by atoms with Crippen LogP contribution in [0.2, 0.25) is 0 Å². The van der Waals surface area contributed by atoms with Crippen molar-refractivity contribution in [1.29, 1.82) is 0 Å². The van der Waals surface area contributed by atoms with Gasteiger partial charge in [0.2, 0.25) is 5.95 Å². The Labute approximate surface area is 160 Å². The lowest BCUT2D eigenvalue weighted by Crippen LogP contribution is -2.42. The molecule has 0 saturated carbocycles. The molecule has 1 aromatic carbocycles. The van der Waals surface area contributed by atoms with Gasteiger partial charge in [-0.1, -0.05) is 25.1 Å². The molecule has 0 N–H and O–H groups in total. The summed E-state index contributed by atoms with van der Waals surface area (Å²) < 4.78 is 8.67. The highest BCUT2D eigenvalue weighted by Crippen LogP contribution is 2.32. The van der Waals surface area contributed by atoms with Crippen LogP contribution in [0.15, 0.2) is 39.9 Å². The molecule has 0 aliphatic carbocycles. The number of ether oxygens (including phenoxy) is 1. The van der Waals surface area contributed by atoms with Crippen LogP contribution in [0.25, 0.3) is 11.2 Å². The average molecular weight is 383 g/mol. The van der Waals surface area contributed by atoms with Crippen LogP contribution in [-0.2, 0) is 29.7 Å². The van der Waals surface area contributed by atoms with Gasteiger partial charge in [0, 0.05) is 25.8 Å². The van der Waals surface area contributed by atoms with E-state index in [0.29, 0.717) is 23.7 Å². The summed E-state index contributed by atoms with van der Waals surface area (Å²) in [5.74, 6) is 0.217. The third-order valence-electron chi connectivity index (χ3n) is 5.02. The highest BCUT2D eigenvalue weighted by atomic mass is 16.5. The Bertz CT molecular complexity index is 1170. The topological polar surface area (TPSA) is 91.4 Å². The molecule has 0 saturated heterocycles. The molecule has 0 bridgehead atoms. The predicted octanol–water partition coefficient (Wildman–Crippen LogP) is 0.857. The molecule has 1 atom stereocenters. The van der Waals surface area contributed by atoms with E-state index in [1.165, 1.54) is 11.7 Å². The summed E-state index contributed by atoms with van der Waals surface area (Å²) >= 11 is 0. The first-order valence-electron chi connectivity index (χ1n) is 9.01. The number of benzene rings is 1. The number of esters is 1. The van der Waals surface area contributed by atoms with Gasteiger partial charge in [-0.3, -0.25) is 14.2 Å². The van der Waals surface area contributed by atoms with Crippen LogP contribution in [0.3, 0.4) is 0 Å².